The molecule has 0 spiro atoms. The number of carbonyl (C=O) groups is 1. The average Bonchev–Trinajstić information content (AvgIpc) is 3.08. The molecule has 1 aliphatic heterocycles. The van der Waals surface area contributed by atoms with Crippen LogP contribution in [0.25, 0.3) is 10.2 Å². The Hall–Kier alpha value is -2.20. The highest BCUT2D eigenvalue weighted by molar-refractivity contribution is 7.18. The van der Waals surface area contributed by atoms with Gasteiger partial charge in [-0.05, 0) is 25.3 Å². The van der Waals surface area contributed by atoms with E-state index in [1.165, 1.54) is 4.88 Å². The highest BCUT2D eigenvalue weighted by Gasteiger charge is 2.23. The van der Waals surface area contributed by atoms with Gasteiger partial charge < -0.3 is 9.80 Å². The van der Waals surface area contributed by atoms with Gasteiger partial charge in [0.1, 0.15) is 17.0 Å². The second kappa shape index (κ2) is 8.26. The molecule has 0 aromatic carbocycles. The predicted molar refractivity (Wildman–Crippen MR) is 99.7 cm³/mol. The van der Waals surface area contributed by atoms with E-state index in [9.17, 15) is 4.79 Å². The van der Waals surface area contributed by atoms with Crippen LogP contribution in [0.2, 0.25) is 0 Å². The minimum atomic E-state index is 0.203. The molecule has 0 atom stereocenters. The van der Waals surface area contributed by atoms with E-state index in [0.717, 1.165) is 61.5 Å². The van der Waals surface area contributed by atoms with Crippen LogP contribution in [-0.2, 0) is 11.2 Å². The van der Waals surface area contributed by atoms with Crippen molar-refractivity contribution in [3.8, 4) is 6.07 Å². The van der Waals surface area contributed by atoms with Gasteiger partial charge in [0.25, 0.3) is 0 Å². The molecular formula is C18H23N5OS. The molecule has 1 aliphatic rings. The third kappa shape index (κ3) is 4.07. The second-order valence-corrected chi connectivity index (χ2v) is 7.33. The SMILES string of the molecule is CCc1cc2c(N3CCN(C(=O)CCCCC#N)CC3)ncnc2s1. The Bertz CT molecular complexity index is 773. The summed E-state index contributed by atoms with van der Waals surface area (Å²) in [5, 5.41) is 9.68. The van der Waals surface area contributed by atoms with Gasteiger partial charge >= 0.3 is 0 Å². The maximum Gasteiger partial charge on any atom is 0.222 e. The third-order valence-corrected chi connectivity index (χ3v) is 5.76. The Balaban J connectivity index is 1.60. The van der Waals surface area contributed by atoms with Gasteiger partial charge in [-0.3, -0.25) is 4.79 Å². The lowest BCUT2D eigenvalue weighted by atomic mass is 10.1. The summed E-state index contributed by atoms with van der Waals surface area (Å²) in [5.74, 6) is 1.19. The van der Waals surface area contributed by atoms with Gasteiger partial charge in [-0.15, -0.1) is 11.3 Å². The number of rotatable bonds is 6. The molecule has 6 nitrogen and oxygen atoms in total. The molecule has 0 saturated carbocycles. The average molecular weight is 357 g/mol. The number of fused-ring (bicyclic) bond motifs is 1. The molecule has 25 heavy (non-hydrogen) atoms. The molecule has 3 rings (SSSR count). The number of thiophene rings is 1. The first-order valence-corrected chi connectivity index (χ1v) is 9.67. The maximum atomic E-state index is 12.3. The van der Waals surface area contributed by atoms with Crippen molar-refractivity contribution in [2.24, 2.45) is 0 Å². The predicted octanol–water partition coefficient (Wildman–Crippen LogP) is 2.99. The zero-order valence-electron chi connectivity index (χ0n) is 14.6. The number of amides is 1. The highest BCUT2D eigenvalue weighted by Crippen LogP contribution is 2.30. The molecule has 7 heteroatoms. The molecule has 0 aliphatic carbocycles. The molecule has 2 aromatic rings. The van der Waals surface area contributed by atoms with Crippen molar-refractivity contribution in [3.63, 3.8) is 0 Å². The van der Waals surface area contributed by atoms with E-state index in [-0.39, 0.29) is 5.91 Å². The quantitative estimate of drug-likeness (QED) is 0.743. The Labute approximate surface area is 152 Å². The number of hydrogen-bond donors (Lipinski definition) is 0. The molecule has 0 radical (unpaired) electrons. The van der Waals surface area contributed by atoms with E-state index in [1.54, 1.807) is 17.7 Å². The van der Waals surface area contributed by atoms with Gasteiger partial charge in [0, 0.05) is 43.9 Å². The molecule has 1 amide bonds. The van der Waals surface area contributed by atoms with Crippen molar-refractivity contribution < 1.29 is 4.79 Å². The fourth-order valence-electron chi connectivity index (χ4n) is 3.13. The monoisotopic (exact) mass is 357 g/mol. The van der Waals surface area contributed by atoms with Crippen LogP contribution in [0.1, 0.15) is 37.5 Å². The fourth-order valence-corrected chi connectivity index (χ4v) is 4.05. The first kappa shape index (κ1) is 17.6. The largest absolute Gasteiger partial charge is 0.352 e. The number of nitrogens with zero attached hydrogens (tertiary/aromatic N) is 5. The number of anilines is 1. The molecule has 0 N–H and O–H groups in total. The topological polar surface area (TPSA) is 73.1 Å². The number of aryl methyl sites for hydroxylation is 1. The number of piperazine rings is 1. The van der Waals surface area contributed by atoms with E-state index >= 15 is 0 Å². The van der Waals surface area contributed by atoms with Gasteiger partial charge in [0.05, 0.1) is 11.5 Å². The highest BCUT2D eigenvalue weighted by atomic mass is 32.1. The molecule has 1 fully saturated rings. The summed E-state index contributed by atoms with van der Waals surface area (Å²) >= 11 is 1.73. The van der Waals surface area contributed by atoms with Crippen LogP contribution in [0.4, 0.5) is 5.82 Å². The summed E-state index contributed by atoms with van der Waals surface area (Å²) in [6.07, 6.45) is 5.33. The number of aromatic nitrogens is 2. The number of carbonyl (C=O) groups excluding carboxylic acids is 1. The number of hydrogen-bond acceptors (Lipinski definition) is 6. The Morgan fingerprint density at radius 2 is 2.08 bits per heavy atom. The zero-order chi connectivity index (χ0) is 17.6. The maximum absolute atomic E-state index is 12.3. The van der Waals surface area contributed by atoms with Crippen molar-refractivity contribution in [2.75, 3.05) is 31.1 Å². The summed E-state index contributed by atoms with van der Waals surface area (Å²) in [6, 6.07) is 4.32. The Kier molecular flexibility index (Phi) is 5.82. The van der Waals surface area contributed by atoms with Crippen molar-refractivity contribution in [1.82, 2.24) is 14.9 Å². The fraction of sp³-hybridized carbons (Fsp3) is 0.556. The van der Waals surface area contributed by atoms with Gasteiger partial charge in [-0.2, -0.15) is 5.26 Å². The van der Waals surface area contributed by atoms with Gasteiger partial charge in [-0.1, -0.05) is 6.92 Å². The Morgan fingerprint density at radius 3 is 2.80 bits per heavy atom. The second-order valence-electron chi connectivity index (χ2n) is 6.22. The molecule has 3 heterocycles. The summed E-state index contributed by atoms with van der Waals surface area (Å²) < 4.78 is 0. The van der Waals surface area contributed by atoms with E-state index in [2.05, 4.69) is 33.9 Å². The van der Waals surface area contributed by atoms with Gasteiger partial charge in [0.2, 0.25) is 5.91 Å². The molecule has 132 valence electrons. The van der Waals surface area contributed by atoms with Gasteiger partial charge in [0.15, 0.2) is 0 Å². The van der Waals surface area contributed by atoms with Crippen molar-refractivity contribution in [3.05, 3.63) is 17.3 Å². The molecular weight excluding hydrogens is 334 g/mol. The van der Waals surface area contributed by atoms with Crippen LogP contribution in [0.3, 0.4) is 0 Å². The minimum Gasteiger partial charge on any atom is -0.352 e. The molecule has 0 bridgehead atoms. The van der Waals surface area contributed by atoms with Crippen LogP contribution in [0.5, 0.6) is 0 Å². The summed E-state index contributed by atoms with van der Waals surface area (Å²) in [7, 11) is 0. The minimum absolute atomic E-state index is 0.203. The summed E-state index contributed by atoms with van der Waals surface area (Å²) in [4.78, 5) is 27.7. The summed E-state index contributed by atoms with van der Waals surface area (Å²) in [6.45, 7) is 5.21. The first-order chi connectivity index (χ1) is 12.2. The molecule has 0 unspecified atom stereocenters. The lowest BCUT2D eigenvalue weighted by molar-refractivity contribution is -0.131. The van der Waals surface area contributed by atoms with Gasteiger partial charge in [-0.25, -0.2) is 9.97 Å². The standard InChI is InChI=1S/C18H23N5OS/c1-2-14-12-15-17(20-13-21-18(15)25-14)23-10-8-22(9-11-23)16(24)6-4-3-5-7-19/h12-13H,2-6,8-11H2,1H3. The van der Waals surface area contributed by atoms with Crippen LogP contribution < -0.4 is 4.90 Å². The van der Waals surface area contributed by atoms with Crippen molar-refractivity contribution >= 4 is 33.3 Å². The molecule has 1 saturated heterocycles. The van der Waals surface area contributed by atoms with E-state index in [4.69, 9.17) is 5.26 Å². The van der Waals surface area contributed by atoms with Crippen LogP contribution in [-0.4, -0.2) is 47.0 Å². The lowest BCUT2D eigenvalue weighted by Crippen LogP contribution is -2.49. The smallest absolute Gasteiger partial charge is 0.222 e. The van der Waals surface area contributed by atoms with E-state index in [1.807, 2.05) is 4.90 Å². The zero-order valence-corrected chi connectivity index (χ0v) is 15.4. The van der Waals surface area contributed by atoms with Crippen molar-refractivity contribution in [2.45, 2.75) is 39.0 Å². The number of unbranched alkanes of at least 4 members (excludes halogenated alkanes) is 2. The number of nitriles is 1. The molecule has 2 aromatic heterocycles. The first-order valence-electron chi connectivity index (χ1n) is 8.86. The summed E-state index contributed by atoms with van der Waals surface area (Å²) in [5.41, 5.74) is 0. The van der Waals surface area contributed by atoms with Crippen LogP contribution >= 0.6 is 11.3 Å². The van der Waals surface area contributed by atoms with Crippen molar-refractivity contribution in [1.29, 1.82) is 5.26 Å². The lowest BCUT2D eigenvalue weighted by Gasteiger charge is -2.35. The Morgan fingerprint density at radius 1 is 1.28 bits per heavy atom. The third-order valence-electron chi connectivity index (χ3n) is 4.57. The van der Waals surface area contributed by atoms with E-state index in [0.29, 0.717) is 12.8 Å². The van der Waals surface area contributed by atoms with Crippen LogP contribution in [0.15, 0.2) is 12.4 Å². The normalized spacial score (nSPS) is 14.7. The van der Waals surface area contributed by atoms with E-state index < -0.39 is 0 Å². The van der Waals surface area contributed by atoms with Crippen LogP contribution in [0, 0.1) is 11.3 Å².